The fraction of sp³-hybridized carbons (Fsp3) is 0.444. The maximum absolute atomic E-state index is 13.1. The Labute approximate surface area is 143 Å². The number of piperidine rings is 1. The summed E-state index contributed by atoms with van der Waals surface area (Å²) in [6.07, 6.45) is 3.79. The molecule has 7 nitrogen and oxygen atoms in total. The zero-order valence-corrected chi connectivity index (χ0v) is 13.5. The zero-order chi connectivity index (χ0) is 17.3. The first kappa shape index (κ1) is 14.6. The molecule has 2 atom stereocenters. The molecule has 2 heterocycles. The molecule has 0 spiro atoms. The van der Waals surface area contributed by atoms with Crippen molar-refractivity contribution in [3.63, 3.8) is 0 Å². The van der Waals surface area contributed by atoms with E-state index in [1.54, 1.807) is 18.2 Å². The van der Waals surface area contributed by atoms with Gasteiger partial charge in [-0.25, -0.2) is 0 Å². The van der Waals surface area contributed by atoms with Gasteiger partial charge in [-0.2, -0.15) is 0 Å². The normalized spacial score (nSPS) is 30.6. The van der Waals surface area contributed by atoms with Crippen molar-refractivity contribution in [2.75, 3.05) is 5.32 Å². The predicted octanol–water partition coefficient (Wildman–Crippen LogP) is 1.05. The minimum Gasteiger partial charge on any atom is -0.382 e. The largest absolute Gasteiger partial charge is 0.382 e. The number of nitrogens with zero attached hydrogens (tertiary/aromatic N) is 1. The second kappa shape index (κ2) is 4.68. The van der Waals surface area contributed by atoms with E-state index in [9.17, 15) is 19.2 Å². The molecule has 0 aromatic heterocycles. The highest BCUT2D eigenvalue weighted by Crippen LogP contribution is 2.55. The van der Waals surface area contributed by atoms with Crippen LogP contribution in [0.1, 0.15) is 52.8 Å². The molecule has 2 unspecified atom stereocenters. The molecule has 128 valence electrons. The van der Waals surface area contributed by atoms with E-state index in [2.05, 4.69) is 10.6 Å². The fourth-order valence-electron chi connectivity index (χ4n) is 4.26. The van der Waals surface area contributed by atoms with Gasteiger partial charge in [-0.15, -0.1) is 0 Å². The average Bonchev–Trinajstić information content (AvgIpc) is 3.19. The number of benzene rings is 1. The average molecular weight is 339 g/mol. The molecule has 0 radical (unpaired) electrons. The summed E-state index contributed by atoms with van der Waals surface area (Å²) in [5, 5.41) is 5.62. The second-order valence-electron chi connectivity index (χ2n) is 7.35. The van der Waals surface area contributed by atoms with Crippen molar-refractivity contribution in [1.82, 2.24) is 10.2 Å². The van der Waals surface area contributed by atoms with Gasteiger partial charge in [-0.3, -0.25) is 29.4 Å². The van der Waals surface area contributed by atoms with Crippen LogP contribution in [0, 0.1) is 5.92 Å². The summed E-state index contributed by atoms with van der Waals surface area (Å²) in [6, 6.07) is 5.51. The Morgan fingerprint density at radius 2 is 1.92 bits per heavy atom. The topological polar surface area (TPSA) is 95.6 Å². The smallest absolute Gasteiger partial charge is 0.264 e. The predicted molar refractivity (Wildman–Crippen MR) is 86.8 cm³/mol. The molecule has 2 aliphatic heterocycles. The molecular weight excluding hydrogens is 322 g/mol. The first-order valence-electron chi connectivity index (χ1n) is 8.65. The Hall–Kier alpha value is -2.70. The van der Waals surface area contributed by atoms with Crippen molar-refractivity contribution in [2.24, 2.45) is 5.92 Å². The molecule has 4 aliphatic rings. The molecule has 2 saturated carbocycles. The van der Waals surface area contributed by atoms with Crippen molar-refractivity contribution < 1.29 is 19.2 Å². The summed E-state index contributed by atoms with van der Waals surface area (Å²) in [5.41, 5.74) is 0.154. The quantitative estimate of drug-likeness (QED) is 0.803. The van der Waals surface area contributed by atoms with Crippen LogP contribution in [0.3, 0.4) is 0 Å². The lowest BCUT2D eigenvalue weighted by Gasteiger charge is -2.29. The molecular formula is C18H17N3O4. The molecule has 1 aromatic rings. The van der Waals surface area contributed by atoms with Gasteiger partial charge in [0.15, 0.2) is 0 Å². The van der Waals surface area contributed by atoms with Crippen LogP contribution in [0.4, 0.5) is 5.69 Å². The van der Waals surface area contributed by atoms with Gasteiger partial charge in [0.1, 0.15) is 5.54 Å². The number of anilines is 1. The molecule has 5 rings (SSSR count). The SMILES string of the molecule is O=C1CC2CC2(N2C(=O)c3cccc(NC4CCC4)c3C2=O)C(=O)N1. The van der Waals surface area contributed by atoms with Crippen molar-refractivity contribution in [3.8, 4) is 0 Å². The summed E-state index contributed by atoms with van der Waals surface area (Å²) >= 11 is 0. The maximum atomic E-state index is 13.1. The van der Waals surface area contributed by atoms with E-state index in [0.717, 1.165) is 24.2 Å². The fourth-order valence-corrected chi connectivity index (χ4v) is 4.26. The lowest BCUT2D eigenvalue weighted by molar-refractivity contribution is -0.137. The summed E-state index contributed by atoms with van der Waals surface area (Å²) in [4.78, 5) is 51.0. The molecule has 25 heavy (non-hydrogen) atoms. The van der Waals surface area contributed by atoms with Gasteiger partial charge in [0.05, 0.1) is 11.1 Å². The number of hydrogen-bond acceptors (Lipinski definition) is 5. The summed E-state index contributed by atoms with van der Waals surface area (Å²) in [5.74, 6) is -2.01. The highest BCUT2D eigenvalue weighted by Gasteiger charge is 2.71. The number of rotatable bonds is 3. The number of imide groups is 2. The summed E-state index contributed by atoms with van der Waals surface area (Å²) < 4.78 is 0. The third-order valence-corrected chi connectivity index (χ3v) is 5.93. The van der Waals surface area contributed by atoms with Crippen LogP contribution in [0.15, 0.2) is 18.2 Å². The van der Waals surface area contributed by atoms with Crippen LogP contribution in [0.5, 0.6) is 0 Å². The van der Waals surface area contributed by atoms with E-state index < -0.39 is 23.3 Å². The van der Waals surface area contributed by atoms with Crippen LogP contribution in [0.25, 0.3) is 0 Å². The van der Waals surface area contributed by atoms with Crippen molar-refractivity contribution in [3.05, 3.63) is 29.3 Å². The third-order valence-electron chi connectivity index (χ3n) is 5.93. The maximum Gasteiger partial charge on any atom is 0.264 e. The van der Waals surface area contributed by atoms with Gasteiger partial charge >= 0.3 is 0 Å². The second-order valence-corrected chi connectivity index (χ2v) is 7.35. The Bertz CT molecular complexity index is 860. The molecule has 3 fully saturated rings. The van der Waals surface area contributed by atoms with Gasteiger partial charge in [0.25, 0.3) is 17.7 Å². The zero-order valence-electron chi connectivity index (χ0n) is 13.5. The summed E-state index contributed by atoms with van der Waals surface area (Å²) in [6.45, 7) is 0. The van der Waals surface area contributed by atoms with Crippen LogP contribution in [0.2, 0.25) is 0 Å². The Morgan fingerprint density at radius 1 is 1.12 bits per heavy atom. The molecule has 0 bridgehead atoms. The van der Waals surface area contributed by atoms with Gasteiger partial charge in [-0.1, -0.05) is 6.07 Å². The standard InChI is InChI=1S/C18H17N3O4/c22-13-7-9-8-18(9,17(25)20-13)21-15(23)11-5-2-6-12(14(11)16(21)24)19-10-3-1-4-10/h2,5-6,9-10,19H,1,3-4,7-8H2,(H,20,22,25). The Morgan fingerprint density at radius 3 is 2.60 bits per heavy atom. The first-order chi connectivity index (χ1) is 12.0. The highest BCUT2D eigenvalue weighted by atomic mass is 16.2. The molecule has 4 amide bonds. The van der Waals surface area contributed by atoms with Crippen molar-refractivity contribution in [1.29, 1.82) is 0 Å². The number of hydrogen-bond donors (Lipinski definition) is 2. The first-order valence-corrected chi connectivity index (χ1v) is 8.65. The van der Waals surface area contributed by atoms with E-state index in [1.165, 1.54) is 0 Å². The Balaban J connectivity index is 1.53. The van der Waals surface area contributed by atoms with Gasteiger partial charge in [0, 0.05) is 24.1 Å². The number of carbonyl (C=O) groups excluding carboxylic acids is 4. The number of fused-ring (bicyclic) bond motifs is 2. The summed E-state index contributed by atoms with van der Waals surface area (Å²) in [7, 11) is 0. The number of carbonyl (C=O) groups is 4. The van der Waals surface area contributed by atoms with E-state index in [4.69, 9.17) is 0 Å². The van der Waals surface area contributed by atoms with Crippen LogP contribution in [-0.2, 0) is 9.59 Å². The molecule has 7 heteroatoms. The monoisotopic (exact) mass is 339 g/mol. The van der Waals surface area contributed by atoms with E-state index in [1.807, 2.05) is 0 Å². The van der Waals surface area contributed by atoms with Gasteiger partial charge in [0.2, 0.25) is 5.91 Å². The lowest BCUT2D eigenvalue weighted by Crippen LogP contribution is -2.57. The van der Waals surface area contributed by atoms with Crippen molar-refractivity contribution >= 4 is 29.3 Å². The van der Waals surface area contributed by atoms with Gasteiger partial charge < -0.3 is 5.32 Å². The van der Waals surface area contributed by atoms with Crippen LogP contribution < -0.4 is 10.6 Å². The van der Waals surface area contributed by atoms with Crippen LogP contribution in [-0.4, -0.2) is 40.1 Å². The molecule has 1 aromatic carbocycles. The molecule has 2 N–H and O–H groups in total. The minimum absolute atomic E-state index is 0.173. The van der Waals surface area contributed by atoms with Gasteiger partial charge in [-0.05, 0) is 37.8 Å². The van der Waals surface area contributed by atoms with Crippen LogP contribution >= 0.6 is 0 Å². The van der Waals surface area contributed by atoms with E-state index in [-0.39, 0.29) is 18.2 Å². The van der Waals surface area contributed by atoms with E-state index in [0.29, 0.717) is 29.3 Å². The number of amides is 4. The number of nitrogens with one attached hydrogen (secondary N) is 2. The Kier molecular flexibility index (Phi) is 2.74. The van der Waals surface area contributed by atoms with Crippen molar-refractivity contribution in [2.45, 2.75) is 43.7 Å². The lowest BCUT2D eigenvalue weighted by atomic mass is 9.92. The highest BCUT2D eigenvalue weighted by molar-refractivity contribution is 6.27. The molecule has 1 saturated heterocycles. The third kappa shape index (κ3) is 1.80. The molecule has 2 aliphatic carbocycles. The minimum atomic E-state index is -1.19. The van der Waals surface area contributed by atoms with E-state index >= 15 is 0 Å².